The van der Waals surface area contributed by atoms with Crippen molar-refractivity contribution in [3.05, 3.63) is 0 Å². The van der Waals surface area contributed by atoms with Crippen LogP contribution in [0.5, 0.6) is 0 Å². The van der Waals surface area contributed by atoms with Gasteiger partial charge in [0.2, 0.25) is 0 Å². The molecular formula is C16H31N. The van der Waals surface area contributed by atoms with Crippen LogP contribution >= 0.6 is 0 Å². The fourth-order valence-electron chi connectivity index (χ4n) is 4.42. The summed E-state index contributed by atoms with van der Waals surface area (Å²) in [5.41, 5.74) is 7.02. The monoisotopic (exact) mass is 237 g/mol. The molecule has 0 bridgehead atoms. The fraction of sp³-hybridized carbons (Fsp3) is 1.00. The van der Waals surface area contributed by atoms with Gasteiger partial charge in [-0.2, -0.15) is 0 Å². The zero-order valence-corrected chi connectivity index (χ0v) is 12.0. The van der Waals surface area contributed by atoms with Crippen LogP contribution in [-0.2, 0) is 0 Å². The van der Waals surface area contributed by atoms with Crippen LogP contribution in [0, 0.1) is 23.7 Å². The first kappa shape index (κ1) is 13.4. The molecule has 2 fully saturated rings. The first-order valence-corrected chi connectivity index (χ1v) is 7.86. The van der Waals surface area contributed by atoms with E-state index in [2.05, 4.69) is 20.8 Å². The van der Waals surface area contributed by atoms with Gasteiger partial charge in [0.05, 0.1) is 0 Å². The summed E-state index contributed by atoms with van der Waals surface area (Å²) >= 11 is 0. The summed E-state index contributed by atoms with van der Waals surface area (Å²) in [5.74, 6) is 3.35. The molecule has 1 nitrogen and oxygen atoms in total. The largest absolute Gasteiger partial charge is 0.325 e. The van der Waals surface area contributed by atoms with Gasteiger partial charge in [0.1, 0.15) is 0 Å². The lowest BCUT2D eigenvalue weighted by molar-refractivity contribution is 0.0551. The molecule has 0 heterocycles. The number of rotatable bonds is 2. The van der Waals surface area contributed by atoms with Gasteiger partial charge in [-0.3, -0.25) is 0 Å². The van der Waals surface area contributed by atoms with Crippen LogP contribution in [0.3, 0.4) is 0 Å². The summed E-state index contributed by atoms with van der Waals surface area (Å²) in [6.45, 7) is 7.16. The molecule has 3 unspecified atom stereocenters. The first-order chi connectivity index (χ1) is 8.08. The van der Waals surface area contributed by atoms with Crippen molar-refractivity contribution in [2.45, 2.75) is 77.7 Å². The molecule has 17 heavy (non-hydrogen) atoms. The average Bonchev–Trinajstić information content (AvgIpc) is 2.36. The van der Waals surface area contributed by atoms with Crippen molar-refractivity contribution < 1.29 is 0 Å². The molecule has 0 aromatic heterocycles. The molecule has 0 aromatic carbocycles. The third-order valence-corrected chi connectivity index (χ3v) is 6.15. The van der Waals surface area contributed by atoms with Gasteiger partial charge < -0.3 is 5.73 Å². The molecule has 3 atom stereocenters. The van der Waals surface area contributed by atoms with E-state index in [1.807, 2.05) is 0 Å². The number of hydrogen-bond acceptors (Lipinski definition) is 1. The van der Waals surface area contributed by atoms with Gasteiger partial charge in [-0.05, 0) is 42.9 Å². The third kappa shape index (κ3) is 2.54. The minimum absolute atomic E-state index is 0.163. The molecule has 2 aliphatic carbocycles. The molecule has 2 N–H and O–H groups in total. The van der Waals surface area contributed by atoms with Crippen molar-refractivity contribution in [2.24, 2.45) is 29.4 Å². The topological polar surface area (TPSA) is 26.0 Å². The Labute approximate surface area is 108 Å². The van der Waals surface area contributed by atoms with Gasteiger partial charge in [-0.15, -0.1) is 0 Å². The van der Waals surface area contributed by atoms with Gasteiger partial charge in [-0.25, -0.2) is 0 Å². The number of hydrogen-bond donors (Lipinski definition) is 1. The predicted octanol–water partition coefficient (Wildman–Crippen LogP) is 4.36. The highest BCUT2D eigenvalue weighted by Crippen LogP contribution is 2.46. The maximum absolute atomic E-state index is 6.85. The highest BCUT2D eigenvalue weighted by molar-refractivity contribution is 5.00. The molecule has 0 spiro atoms. The van der Waals surface area contributed by atoms with E-state index in [0.717, 1.165) is 23.7 Å². The van der Waals surface area contributed by atoms with Crippen molar-refractivity contribution >= 4 is 0 Å². The van der Waals surface area contributed by atoms with E-state index in [1.54, 1.807) is 0 Å². The highest BCUT2D eigenvalue weighted by Gasteiger charge is 2.44. The van der Waals surface area contributed by atoms with Gasteiger partial charge in [0.25, 0.3) is 0 Å². The second-order valence-corrected chi connectivity index (χ2v) is 6.90. The molecule has 0 radical (unpaired) electrons. The second-order valence-electron chi connectivity index (χ2n) is 6.90. The smallest absolute Gasteiger partial charge is 0.0211 e. The van der Waals surface area contributed by atoms with E-state index in [1.165, 1.54) is 51.4 Å². The lowest BCUT2D eigenvalue weighted by Crippen LogP contribution is -2.56. The zero-order chi connectivity index (χ0) is 12.5. The SMILES string of the molecule is CCC1CCC(C2(N)CCCC(C)C2C)CC1. The van der Waals surface area contributed by atoms with E-state index in [-0.39, 0.29) is 5.54 Å². The summed E-state index contributed by atoms with van der Waals surface area (Å²) in [5, 5.41) is 0. The second kappa shape index (κ2) is 5.30. The van der Waals surface area contributed by atoms with E-state index < -0.39 is 0 Å². The van der Waals surface area contributed by atoms with Gasteiger partial charge in [0.15, 0.2) is 0 Å². The van der Waals surface area contributed by atoms with Crippen molar-refractivity contribution in [1.29, 1.82) is 0 Å². The standard InChI is InChI=1S/C16H31N/c1-4-14-7-9-15(10-8-14)16(17)11-5-6-12(2)13(16)3/h12-15H,4-11,17H2,1-3H3. The number of nitrogens with two attached hydrogens (primary N) is 1. The van der Waals surface area contributed by atoms with Crippen molar-refractivity contribution in [1.82, 2.24) is 0 Å². The Hall–Kier alpha value is -0.0400. The molecule has 0 aromatic rings. The quantitative estimate of drug-likeness (QED) is 0.759. The Morgan fingerprint density at radius 1 is 1.06 bits per heavy atom. The highest BCUT2D eigenvalue weighted by atomic mass is 14.8. The average molecular weight is 237 g/mol. The van der Waals surface area contributed by atoms with Crippen LogP contribution in [-0.4, -0.2) is 5.54 Å². The molecular weight excluding hydrogens is 206 g/mol. The predicted molar refractivity (Wildman–Crippen MR) is 74.8 cm³/mol. The minimum Gasteiger partial charge on any atom is -0.325 e. The molecule has 0 amide bonds. The van der Waals surface area contributed by atoms with Gasteiger partial charge in [0, 0.05) is 5.54 Å². The van der Waals surface area contributed by atoms with Crippen molar-refractivity contribution in [2.75, 3.05) is 0 Å². The first-order valence-electron chi connectivity index (χ1n) is 7.86. The summed E-state index contributed by atoms with van der Waals surface area (Å²) in [6, 6.07) is 0. The van der Waals surface area contributed by atoms with E-state index >= 15 is 0 Å². The van der Waals surface area contributed by atoms with Crippen LogP contribution in [0.4, 0.5) is 0 Å². The van der Waals surface area contributed by atoms with Crippen molar-refractivity contribution in [3.8, 4) is 0 Å². The maximum Gasteiger partial charge on any atom is 0.0211 e. The molecule has 0 aliphatic heterocycles. The minimum atomic E-state index is 0.163. The summed E-state index contributed by atoms with van der Waals surface area (Å²) in [4.78, 5) is 0. The van der Waals surface area contributed by atoms with Crippen LogP contribution in [0.1, 0.15) is 72.1 Å². The van der Waals surface area contributed by atoms with E-state index in [9.17, 15) is 0 Å². The van der Waals surface area contributed by atoms with Crippen molar-refractivity contribution in [3.63, 3.8) is 0 Å². The van der Waals surface area contributed by atoms with E-state index in [0.29, 0.717) is 0 Å². The Morgan fingerprint density at radius 3 is 2.29 bits per heavy atom. The molecule has 2 rings (SSSR count). The van der Waals surface area contributed by atoms with Crippen LogP contribution in [0.15, 0.2) is 0 Å². The van der Waals surface area contributed by atoms with E-state index in [4.69, 9.17) is 5.73 Å². The lowest BCUT2D eigenvalue weighted by Gasteiger charge is -2.50. The zero-order valence-electron chi connectivity index (χ0n) is 12.0. The maximum atomic E-state index is 6.85. The lowest BCUT2D eigenvalue weighted by atomic mass is 9.59. The molecule has 100 valence electrons. The molecule has 1 heteroatoms. The van der Waals surface area contributed by atoms with Crippen LogP contribution in [0.25, 0.3) is 0 Å². The van der Waals surface area contributed by atoms with Gasteiger partial charge >= 0.3 is 0 Å². The Kier molecular flexibility index (Phi) is 4.18. The Bertz CT molecular complexity index is 242. The summed E-state index contributed by atoms with van der Waals surface area (Å²) in [7, 11) is 0. The Morgan fingerprint density at radius 2 is 1.71 bits per heavy atom. The molecule has 0 saturated heterocycles. The van der Waals surface area contributed by atoms with Gasteiger partial charge in [-0.1, -0.05) is 52.9 Å². The van der Waals surface area contributed by atoms with Crippen LogP contribution in [0.2, 0.25) is 0 Å². The molecule has 2 saturated carbocycles. The normalized spacial score (nSPS) is 48.0. The third-order valence-electron chi connectivity index (χ3n) is 6.15. The fourth-order valence-corrected chi connectivity index (χ4v) is 4.42. The van der Waals surface area contributed by atoms with Crippen LogP contribution < -0.4 is 5.73 Å². The summed E-state index contributed by atoms with van der Waals surface area (Å²) < 4.78 is 0. The molecule has 2 aliphatic rings. The summed E-state index contributed by atoms with van der Waals surface area (Å²) in [6.07, 6.45) is 11.1. The Balaban J connectivity index is 2.00.